The standard InChI is InChI=1S/C16H30N2O/c1-13-8-7-9-15(14(13)2)17-16(19)12-18-10-5-3-4-6-11-18/h13-15H,3-12H2,1-2H3,(H,17,19). The van der Waals surface area contributed by atoms with Crippen molar-refractivity contribution in [3.8, 4) is 0 Å². The average Bonchev–Trinajstić information content (AvgIpc) is 2.63. The van der Waals surface area contributed by atoms with Gasteiger partial charge in [0.15, 0.2) is 0 Å². The lowest BCUT2D eigenvalue weighted by Gasteiger charge is -2.35. The molecule has 2 aliphatic rings. The lowest BCUT2D eigenvalue weighted by Crippen LogP contribution is -2.47. The highest BCUT2D eigenvalue weighted by Crippen LogP contribution is 2.29. The Kier molecular flexibility index (Phi) is 5.68. The van der Waals surface area contributed by atoms with E-state index < -0.39 is 0 Å². The van der Waals surface area contributed by atoms with Gasteiger partial charge in [0.25, 0.3) is 0 Å². The van der Waals surface area contributed by atoms with E-state index in [1.807, 2.05) is 0 Å². The first-order chi connectivity index (χ1) is 9.16. The van der Waals surface area contributed by atoms with Gasteiger partial charge in [0.1, 0.15) is 0 Å². The van der Waals surface area contributed by atoms with Gasteiger partial charge in [-0.2, -0.15) is 0 Å². The first kappa shape index (κ1) is 14.8. The third-order valence-electron chi connectivity index (χ3n) is 5.12. The Morgan fingerprint density at radius 2 is 1.74 bits per heavy atom. The number of carbonyl (C=O) groups excluding carboxylic acids is 1. The SMILES string of the molecule is CC1CCCC(NC(=O)CN2CCCCCC2)C1C. The highest BCUT2D eigenvalue weighted by Gasteiger charge is 2.28. The van der Waals surface area contributed by atoms with Gasteiger partial charge in [-0.3, -0.25) is 9.69 Å². The van der Waals surface area contributed by atoms with Gasteiger partial charge in [-0.1, -0.05) is 39.5 Å². The Balaban J connectivity index is 1.76. The van der Waals surface area contributed by atoms with Gasteiger partial charge in [-0.25, -0.2) is 0 Å². The summed E-state index contributed by atoms with van der Waals surface area (Å²) in [5.41, 5.74) is 0. The van der Waals surface area contributed by atoms with E-state index in [4.69, 9.17) is 0 Å². The van der Waals surface area contributed by atoms with E-state index in [1.165, 1.54) is 38.5 Å². The van der Waals surface area contributed by atoms with Crippen molar-refractivity contribution in [3.05, 3.63) is 0 Å². The molecule has 1 heterocycles. The number of hydrogen-bond donors (Lipinski definition) is 1. The van der Waals surface area contributed by atoms with Crippen LogP contribution in [-0.4, -0.2) is 36.5 Å². The second-order valence-corrected chi connectivity index (χ2v) is 6.63. The van der Waals surface area contributed by atoms with Gasteiger partial charge >= 0.3 is 0 Å². The first-order valence-corrected chi connectivity index (χ1v) is 8.18. The van der Waals surface area contributed by atoms with Crippen molar-refractivity contribution >= 4 is 5.91 Å². The predicted molar refractivity (Wildman–Crippen MR) is 79.0 cm³/mol. The van der Waals surface area contributed by atoms with Crippen LogP contribution in [0.5, 0.6) is 0 Å². The smallest absolute Gasteiger partial charge is 0.234 e. The molecule has 0 aromatic rings. The summed E-state index contributed by atoms with van der Waals surface area (Å²) in [6.45, 7) is 7.42. The molecule has 1 aliphatic heterocycles. The molecule has 1 saturated carbocycles. The van der Waals surface area contributed by atoms with Gasteiger partial charge in [-0.15, -0.1) is 0 Å². The summed E-state index contributed by atoms with van der Waals surface area (Å²) < 4.78 is 0. The van der Waals surface area contributed by atoms with Crippen LogP contribution in [-0.2, 0) is 4.79 Å². The molecule has 110 valence electrons. The quantitative estimate of drug-likeness (QED) is 0.852. The van der Waals surface area contributed by atoms with E-state index in [0.717, 1.165) is 25.4 Å². The fourth-order valence-electron chi connectivity index (χ4n) is 3.54. The largest absolute Gasteiger partial charge is 0.352 e. The molecule has 1 saturated heterocycles. The molecule has 3 nitrogen and oxygen atoms in total. The number of likely N-dealkylation sites (tertiary alicyclic amines) is 1. The van der Waals surface area contributed by atoms with E-state index in [9.17, 15) is 4.79 Å². The highest BCUT2D eigenvalue weighted by molar-refractivity contribution is 5.78. The van der Waals surface area contributed by atoms with Crippen LogP contribution in [0.25, 0.3) is 0 Å². The zero-order chi connectivity index (χ0) is 13.7. The summed E-state index contributed by atoms with van der Waals surface area (Å²) in [5, 5.41) is 3.29. The minimum absolute atomic E-state index is 0.243. The van der Waals surface area contributed by atoms with Crippen LogP contribution in [0.4, 0.5) is 0 Å². The summed E-state index contributed by atoms with van der Waals surface area (Å²) in [7, 11) is 0. The second kappa shape index (κ2) is 7.28. The van der Waals surface area contributed by atoms with Crippen molar-refractivity contribution in [1.82, 2.24) is 10.2 Å². The van der Waals surface area contributed by atoms with Crippen molar-refractivity contribution in [2.45, 2.75) is 64.8 Å². The Bertz CT molecular complexity index is 284. The number of amides is 1. The number of hydrogen-bond acceptors (Lipinski definition) is 2. The third-order valence-corrected chi connectivity index (χ3v) is 5.12. The molecule has 0 spiro atoms. The third kappa shape index (κ3) is 4.48. The summed E-state index contributed by atoms with van der Waals surface area (Å²) in [5.74, 6) is 1.62. The van der Waals surface area contributed by atoms with E-state index in [-0.39, 0.29) is 5.91 Å². The van der Waals surface area contributed by atoms with E-state index in [1.54, 1.807) is 0 Å². The Labute approximate surface area is 118 Å². The fourth-order valence-corrected chi connectivity index (χ4v) is 3.54. The number of rotatable bonds is 3. The number of nitrogens with zero attached hydrogens (tertiary/aromatic N) is 1. The van der Waals surface area contributed by atoms with Gasteiger partial charge < -0.3 is 5.32 Å². The molecular weight excluding hydrogens is 236 g/mol. The lowest BCUT2D eigenvalue weighted by atomic mass is 9.78. The minimum atomic E-state index is 0.243. The molecule has 3 atom stereocenters. The predicted octanol–water partition coefficient (Wildman–Crippen LogP) is 2.80. The van der Waals surface area contributed by atoms with E-state index in [2.05, 4.69) is 24.1 Å². The van der Waals surface area contributed by atoms with E-state index in [0.29, 0.717) is 18.5 Å². The van der Waals surface area contributed by atoms with Crippen LogP contribution in [0.1, 0.15) is 58.8 Å². The molecule has 0 radical (unpaired) electrons. The van der Waals surface area contributed by atoms with Crippen LogP contribution >= 0.6 is 0 Å². The van der Waals surface area contributed by atoms with Crippen LogP contribution in [0.2, 0.25) is 0 Å². The Morgan fingerprint density at radius 3 is 2.42 bits per heavy atom. The van der Waals surface area contributed by atoms with Crippen LogP contribution in [0, 0.1) is 11.8 Å². The number of carbonyl (C=O) groups is 1. The van der Waals surface area contributed by atoms with Crippen molar-refractivity contribution < 1.29 is 4.79 Å². The van der Waals surface area contributed by atoms with Crippen LogP contribution < -0.4 is 5.32 Å². The molecule has 19 heavy (non-hydrogen) atoms. The molecule has 1 N–H and O–H groups in total. The zero-order valence-corrected chi connectivity index (χ0v) is 12.7. The van der Waals surface area contributed by atoms with Gasteiger partial charge in [-0.05, 0) is 44.2 Å². The summed E-state index contributed by atoms with van der Waals surface area (Å²) in [4.78, 5) is 14.5. The van der Waals surface area contributed by atoms with E-state index >= 15 is 0 Å². The van der Waals surface area contributed by atoms with Gasteiger partial charge in [0, 0.05) is 6.04 Å². The lowest BCUT2D eigenvalue weighted by molar-refractivity contribution is -0.123. The van der Waals surface area contributed by atoms with Crippen molar-refractivity contribution in [3.63, 3.8) is 0 Å². The zero-order valence-electron chi connectivity index (χ0n) is 12.7. The normalized spacial score (nSPS) is 33.7. The maximum Gasteiger partial charge on any atom is 0.234 e. The summed E-state index contributed by atoms with van der Waals surface area (Å²) in [6.07, 6.45) is 8.91. The molecule has 2 fully saturated rings. The topological polar surface area (TPSA) is 32.3 Å². The second-order valence-electron chi connectivity index (χ2n) is 6.63. The Morgan fingerprint density at radius 1 is 1.05 bits per heavy atom. The van der Waals surface area contributed by atoms with Crippen molar-refractivity contribution in [1.29, 1.82) is 0 Å². The first-order valence-electron chi connectivity index (χ1n) is 8.18. The van der Waals surface area contributed by atoms with Gasteiger partial charge in [0.05, 0.1) is 6.54 Å². The molecule has 3 heteroatoms. The molecule has 1 amide bonds. The molecule has 3 unspecified atom stereocenters. The molecule has 0 aromatic carbocycles. The maximum atomic E-state index is 12.2. The molecular formula is C16H30N2O. The fraction of sp³-hybridized carbons (Fsp3) is 0.938. The molecule has 0 aromatic heterocycles. The monoisotopic (exact) mass is 266 g/mol. The highest BCUT2D eigenvalue weighted by atomic mass is 16.2. The maximum absolute atomic E-state index is 12.2. The molecule has 0 bridgehead atoms. The Hall–Kier alpha value is -0.570. The molecule has 1 aliphatic carbocycles. The minimum Gasteiger partial charge on any atom is -0.352 e. The average molecular weight is 266 g/mol. The van der Waals surface area contributed by atoms with Crippen LogP contribution in [0.3, 0.4) is 0 Å². The van der Waals surface area contributed by atoms with Crippen molar-refractivity contribution in [2.75, 3.05) is 19.6 Å². The van der Waals surface area contributed by atoms with Gasteiger partial charge in [0.2, 0.25) is 5.91 Å². The molecule has 2 rings (SSSR count). The van der Waals surface area contributed by atoms with Crippen LogP contribution in [0.15, 0.2) is 0 Å². The summed E-state index contributed by atoms with van der Waals surface area (Å²) in [6, 6.07) is 0.406. The summed E-state index contributed by atoms with van der Waals surface area (Å²) >= 11 is 0. The number of nitrogens with one attached hydrogen (secondary N) is 1. The van der Waals surface area contributed by atoms with Crippen molar-refractivity contribution in [2.24, 2.45) is 11.8 Å².